The van der Waals surface area contributed by atoms with Gasteiger partial charge in [0.05, 0.1) is 0 Å². The van der Waals surface area contributed by atoms with Gasteiger partial charge in [0.15, 0.2) is 0 Å². The monoisotopic (exact) mass is 154 g/mol. The van der Waals surface area contributed by atoms with E-state index >= 15 is 0 Å². The van der Waals surface area contributed by atoms with Gasteiger partial charge in [-0.1, -0.05) is 45.2 Å². The first-order chi connectivity index (χ1) is 4.43. The summed E-state index contributed by atoms with van der Waals surface area (Å²) in [6.45, 7) is 0.240. The van der Waals surface area contributed by atoms with E-state index in [4.69, 9.17) is 5.11 Å². The molecule has 11 heavy (non-hydrogen) atoms. The summed E-state index contributed by atoms with van der Waals surface area (Å²) in [7, 11) is 0. The van der Waals surface area contributed by atoms with Crippen LogP contribution in [0.15, 0.2) is 30.3 Å². The van der Waals surface area contributed by atoms with E-state index in [9.17, 15) is 0 Å². The first-order valence-electron chi connectivity index (χ1n) is 3.08. The number of hydrogen-bond donors (Lipinski definition) is 1. The highest BCUT2D eigenvalue weighted by Crippen LogP contribution is 1.97. The van der Waals surface area contributed by atoms with Gasteiger partial charge in [0, 0.05) is 6.61 Å². The lowest BCUT2D eigenvalue weighted by Gasteiger charge is -1.93. The molecule has 0 spiro atoms. The molecular weight excluding hydrogens is 136 g/mol. The van der Waals surface area contributed by atoms with Crippen LogP contribution in [0.4, 0.5) is 0 Å². The van der Waals surface area contributed by atoms with Crippen LogP contribution in [-0.4, -0.2) is 11.7 Å². The van der Waals surface area contributed by atoms with E-state index in [0.29, 0.717) is 0 Å². The maximum atomic E-state index is 8.52. The molecule has 0 saturated carbocycles. The van der Waals surface area contributed by atoms with Crippen LogP contribution >= 0.6 is 0 Å². The van der Waals surface area contributed by atoms with E-state index in [-0.39, 0.29) is 21.5 Å². The number of hydrogen-bond acceptors (Lipinski definition) is 1. The molecule has 1 rings (SSSR count). The van der Waals surface area contributed by atoms with Gasteiger partial charge in [0.1, 0.15) is 0 Å². The van der Waals surface area contributed by atoms with Crippen LogP contribution in [0.25, 0.3) is 0 Å². The molecule has 1 aromatic carbocycles. The van der Waals surface area contributed by atoms with E-state index < -0.39 is 0 Å². The number of benzene rings is 1. The van der Waals surface area contributed by atoms with Crippen LogP contribution in [0.2, 0.25) is 0 Å². The molecule has 1 nitrogen and oxygen atoms in total. The van der Waals surface area contributed by atoms with E-state index in [1.54, 1.807) is 0 Å². The molecule has 0 fully saturated rings. The first-order valence-corrected chi connectivity index (χ1v) is 3.08. The summed E-state index contributed by atoms with van der Waals surface area (Å²) in [5, 5.41) is 8.52. The van der Waals surface area contributed by atoms with E-state index in [2.05, 4.69) is 0 Å². The average molecular weight is 154 g/mol. The van der Waals surface area contributed by atoms with Gasteiger partial charge < -0.3 is 5.11 Å². The molecule has 0 radical (unpaired) electrons. The molecule has 0 aliphatic rings. The van der Waals surface area contributed by atoms with Crippen molar-refractivity contribution in [2.45, 2.75) is 21.3 Å². The molecule has 64 valence electrons. The molecule has 0 aliphatic carbocycles. The Bertz CT molecular complexity index is 158. The maximum Gasteiger partial charge on any atom is 0.0471 e. The molecule has 0 aliphatic heterocycles. The van der Waals surface area contributed by atoms with Crippen LogP contribution in [0, 0.1) is 0 Å². The molecule has 0 saturated heterocycles. The van der Waals surface area contributed by atoms with Crippen molar-refractivity contribution < 1.29 is 5.11 Å². The Kier molecular flexibility index (Phi) is 8.50. The molecular formula is C10H18O. The molecule has 0 bridgehead atoms. The predicted molar refractivity (Wildman–Crippen MR) is 50.7 cm³/mol. The molecule has 1 aromatic rings. The van der Waals surface area contributed by atoms with Crippen molar-refractivity contribution >= 4 is 0 Å². The predicted octanol–water partition coefficient (Wildman–Crippen LogP) is 2.49. The zero-order chi connectivity index (χ0) is 6.53. The van der Waals surface area contributed by atoms with Crippen LogP contribution in [0.1, 0.15) is 20.4 Å². The Morgan fingerprint density at radius 1 is 1.00 bits per heavy atom. The summed E-state index contributed by atoms with van der Waals surface area (Å²) in [6, 6.07) is 9.95. The van der Waals surface area contributed by atoms with Crippen molar-refractivity contribution in [1.82, 2.24) is 0 Å². The molecule has 0 amide bonds. The Morgan fingerprint density at radius 2 is 1.55 bits per heavy atom. The second-order valence-corrected chi connectivity index (χ2v) is 1.96. The highest BCUT2D eigenvalue weighted by atomic mass is 16.2. The second-order valence-electron chi connectivity index (χ2n) is 1.96. The Balaban J connectivity index is 0. The van der Waals surface area contributed by atoms with Crippen molar-refractivity contribution in [1.29, 1.82) is 0 Å². The van der Waals surface area contributed by atoms with Gasteiger partial charge in [-0.25, -0.2) is 0 Å². The SMILES string of the molecule is C.C.OCCc1ccccc1. The Labute approximate surface area is 69.7 Å². The van der Waals surface area contributed by atoms with E-state index in [1.165, 1.54) is 5.56 Å². The van der Waals surface area contributed by atoms with Gasteiger partial charge in [0.25, 0.3) is 0 Å². The van der Waals surface area contributed by atoms with Gasteiger partial charge >= 0.3 is 0 Å². The van der Waals surface area contributed by atoms with Gasteiger partial charge in [-0.2, -0.15) is 0 Å². The van der Waals surface area contributed by atoms with Crippen molar-refractivity contribution in [3.05, 3.63) is 35.9 Å². The van der Waals surface area contributed by atoms with Crippen molar-refractivity contribution in [2.24, 2.45) is 0 Å². The fourth-order valence-electron chi connectivity index (χ4n) is 0.774. The minimum absolute atomic E-state index is 0. The summed E-state index contributed by atoms with van der Waals surface area (Å²) in [5.74, 6) is 0. The minimum Gasteiger partial charge on any atom is -0.396 e. The first kappa shape index (κ1) is 12.8. The quantitative estimate of drug-likeness (QED) is 0.694. The van der Waals surface area contributed by atoms with Gasteiger partial charge in [-0.05, 0) is 12.0 Å². The fraction of sp³-hybridized carbons (Fsp3) is 0.400. The van der Waals surface area contributed by atoms with E-state index in [1.807, 2.05) is 30.3 Å². The fourth-order valence-corrected chi connectivity index (χ4v) is 0.774. The van der Waals surface area contributed by atoms with Gasteiger partial charge in [0.2, 0.25) is 0 Å². The summed E-state index contributed by atoms with van der Waals surface area (Å²) < 4.78 is 0. The molecule has 0 heterocycles. The number of aliphatic hydroxyl groups excluding tert-OH is 1. The zero-order valence-electron chi connectivity index (χ0n) is 5.25. The van der Waals surface area contributed by atoms with Gasteiger partial charge in [-0.3, -0.25) is 0 Å². The molecule has 1 heteroatoms. The van der Waals surface area contributed by atoms with Crippen molar-refractivity contribution in [3.8, 4) is 0 Å². The van der Waals surface area contributed by atoms with Crippen LogP contribution in [0.5, 0.6) is 0 Å². The van der Waals surface area contributed by atoms with Crippen LogP contribution in [-0.2, 0) is 6.42 Å². The third kappa shape index (κ3) is 4.57. The van der Waals surface area contributed by atoms with E-state index in [0.717, 1.165) is 6.42 Å². The number of aliphatic hydroxyl groups is 1. The topological polar surface area (TPSA) is 20.2 Å². The number of rotatable bonds is 2. The molecule has 0 unspecified atom stereocenters. The third-order valence-electron chi connectivity index (χ3n) is 1.24. The molecule has 0 atom stereocenters. The highest BCUT2D eigenvalue weighted by Gasteiger charge is 1.85. The lowest BCUT2D eigenvalue weighted by Crippen LogP contribution is -1.88. The lowest BCUT2D eigenvalue weighted by atomic mass is 10.2. The normalized spacial score (nSPS) is 7.73. The second kappa shape index (κ2) is 7.29. The summed E-state index contributed by atoms with van der Waals surface area (Å²) in [4.78, 5) is 0. The van der Waals surface area contributed by atoms with Crippen LogP contribution in [0.3, 0.4) is 0 Å². The highest BCUT2D eigenvalue weighted by molar-refractivity contribution is 5.14. The van der Waals surface area contributed by atoms with Crippen molar-refractivity contribution in [3.63, 3.8) is 0 Å². The van der Waals surface area contributed by atoms with Crippen LogP contribution < -0.4 is 0 Å². The maximum absolute atomic E-state index is 8.52. The zero-order valence-corrected chi connectivity index (χ0v) is 5.25. The average Bonchev–Trinajstić information content (AvgIpc) is 1.91. The summed E-state index contributed by atoms with van der Waals surface area (Å²) >= 11 is 0. The molecule has 1 N–H and O–H groups in total. The summed E-state index contributed by atoms with van der Waals surface area (Å²) in [5.41, 5.74) is 1.19. The molecule has 0 aromatic heterocycles. The Hall–Kier alpha value is -0.820. The smallest absolute Gasteiger partial charge is 0.0471 e. The Morgan fingerprint density at radius 3 is 2.00 bits per heavy atom. The summed E-state index contributed by atoms with van der Waals surface area (Å²) in [6.07, 6.45) is 0.765. The van der Waals surface area contributed by atoms with Gasteiger partial charge in [-0.15, -0.1) is 0 Å². The standard InChI is InChI=1S/C8H10O.2CH4/c9-7-6-8-4-2-1-3-5-8;;/h1-5,9H,6-7H2;2*1H4. The van der Waals surface area contributed by atoms with Crippen molar-refractivity contribution in [2.75, 3.05) is 6.61 Å². The largest absolute Gasteiger partial charge is 0.396 e. The third-order valence-corrected chi connectivity index (χ3v) is 1.24. The lowest BCUT2D eigenvalue weighted by molar-refractivity contribution is 0.299. The minimum atomic E-state index is 0.